The van der Waals surface area contributed by atoms with Crippen LogP contribution in [-0.4, -0.2) is 12.2 Å². The Bertz CT molecular complexity index is 568. The molecule has 3 nitrogen and oxygen atoms in total. The first-order valence-corrected chi connectivity index (χ1v) is 5.55. The van der Waals surface area contributed by atoms with Crippen LogP contribution in [0.2, 0.25) is 0 Å². The van der Waals surface area contributed by atoms with Crippen molar-refractivity contribution >= 4 is 0 Å². The zero-order chi connectivity index (χ0) is 13.8. The fourth-order valence-corrected chi connectivity index (χ4v) is 1.58. The Kier molecular flexibility index (Phi) is 3.97. The Morgan fingerprint density at radius 1 is 1.05 bits per heavy atom. The third-order valence-electron chi connectivity index (χ3n) is 2.56. The molecule has 0 bridgehead atoms. The van der Waals surface area contributed by atoms with E-state index in [1.807, 2.05) is 0 Å². The topological polar surface area (TPSA) is 38.7 Å². The maximum absolute atomic E-state index is 14.0. The van der Waals surface area contributed by atoms with Gasteiger partial charge < -0.3 is 14.6 Å². The molecule has 0 aliphatic carbocycles. The smallest absolute Gasteiger partial charge is 0.205 e. The molecule has 0 spiro atoms. The number of ether oxygens (including phenoxy) is 2. The van der Waals surface area contributed by atoms with Gasteiger partial charge in [-0.1, -0.05) is 0 Å². The van der Waals surface area contributed by atoms with Crippen molar-refractivity contribution < 1.29 is 23.4 Å². The molecule has 0 aromatic heterocycles. The van der Waals surface area contributed by atoms with Crippen molar-refractivity contribution in [1.29, 1.82) is 0 Å². The highest BCUT2D eigenvalue weighted by Crippen LogP contribution is 2.35. The molecule has 100 valence electrons. The minimum Gasteiger partial charge on any atom is -0.493 e. The van der Waals surface area contributed by atoms with Gasteiger partial charge >= 0.3 is 0 Å². The second-order valence-electron chi connectivity index (χ2n) is 3.78. The highest BCUT2D eigenvalue weighted by molar-refractivity contribution is 5.46. The van der Waals surface area contributed by atoms with Crippen LogP contribution in [0.5, 0.6) is 17.2 Å². The third-order valence-corrected chi connectivity index (χ3v) is 2.56. The molecule has 2 rings (SSSR count). The van der Waals surface area contributed by atoms with Gasteiger partial charge in [-0.3, -0.25) is 0 Å². The molecule has 2 aromatic carbocycles. The monoisotopic (exact) mass is 266 g/mol. The Balaban J connectivity index is 2.40. The number of benzene rings is 2. The number of hydrogen-bond acceptors (Lipinski definition) is 3. The maximum atomic E-state index is 14.0. The van der Waals surface area contributed by atoms with Crippen molar-refractivity contribution in [1.82, 2.24) is 0 Å². The molecular weight excluding hydrogens is 254 g/mol. The Labute approximate surface area is 109 Å². The molecule has 0 aliphatic rings. The summed E-state index contributed by atoms with van der Waals surface area (Å²) in [7, 11) is 1.38. The number of halogens is 2. The van der Waals surface area contributed by atoms with Gasteiger partial charge in [-0.25, -0.2) is 8.78 Å². The summed E-state index contributed by atoms with van der Waals surface area (Å²) in [6.45, 7) is -0.449. The predicted molar refractivity (Wildman–Crippen MR) is 65.3 cm³/mol. The van der Waals surface area contributed by atoms with Crippen LogP contribution in [0.15, 0.2) is 36.4 Å². The second kappa shape index (κ2) is 5.67. The molecule has 0 aliphatic heterocycles. The van der Waals surface area contributed by atoms with E-state index < -0.39 is 18.2 Å². The molecule has 1 N–H and O–H groups in total. The lowest BCUT2D eigenvalue weighted by atomic mass is 10.2. The van der Waals surface area contributed by atoms with Crippen molar-refractivity contribution in [2.75, 3.05) is 7.11 Å². The van der Waals surface area contributed by atoms with Crippen LogP contribution in [0.1, 0.15) is 5.56 Å². The van der Waals surface area contributed by atoms with Crippen molar-refractivity contribution in [3.05, 3.63) is 53.6 Å². The van der Waals surface area contributed by atoms with Gasteiger partial charge in [0.15, 0.2) is 11.6 Å². The number of rotatable bonds is 4. The molecule has 0 heterocycles. The summed E-state index contributed by atoms with van der Waals surface area (Å²) in [5.74, 6) is -0.788. The Morgan fingerprint density at radius 3 is 2.32 bits per heavy atom. The van der Waals surface area contributed by atoms with Gasteiger partial charge in [0, 0.05) is 5.56 Å². The van der Waals surface area contributed by atoms with Gasteiger partial charge in [0.2, 0.25) is 5.75 Å². The quantitative estimate of drug-likeness (QED) is 0.923. The molecular formula is C14H12F2O3. The van der Waals surface area contributed by atoms with E-state index in [1.54, 1.807) is 0 Å². The van der Waals surface area contributed by atoms with Gasteiger partial charge in [-0.05, 0) is 36.4 Å². The van der Waals surface area contributed by atoms with Gasteiger partial charge in [0.1, 0.15) is 11.6 Å². The molecule has 2 aromatic rings. The van der Waals surface area contributed by atoms with Crippen LogP contribution in [0.25, 0.3) is 0 Å². The minimum absolute atomic E-state index is 0.0953. The Hall–Kier alpha value is -2.14. The highest BCUT2D eigenvalue weighted by Gasteiger charge is 2.16. The minimum atomic E-state index is -0.703. The van der Waals surface area contributed by atoms with E-state index in [0.29, 0.717) is 0 Å². The van der Waals surface area contributed by atoms with E-state index in [4.69, 9.17) is 14.6 Å². The Morgan fingerprint density at radius 2 is 1.74 bits per heavy atom. The van der Waals surface area contributed by atoms with E-state index in [0.717, 1.165) is 0 Å². The van der Waals surface area contributed by atoms with E-state index in [-0.39, 0.29) is 22.8 Å². The summed E-state index contributed by atoms with van der Waals surface area (Å²) in [6, 6.07) is 8.06. The molecule has 0 unspecified atom stereocenters. The van der Waals surface area contributed by atoms with Crippen molar-refractivity contribution in [2.24, 2.45) is 0 Å². The lowest BCUT2D eigenvalue weighted by Gasteiger charge is -2.13. The zero-order valence-corrected chi connectivity index (χ0v) is 10.2. The summed E-state index contributed by atoms with van der Waals surface area (Å²) in [6.07, 6.45) is 0. The lowest BCUT2D eigenvalue weighted by molar-refractivity contribution is 0.272. The van der Waals surface area contributed by atoms with Crippen molar-refractivity contribution in [2.45, 2.75) is 6.61 Å². The van der Waals surface area contributed by atoms with Crippen LogP contribution < -0.4 is 9.47 Å². The van der Waals surface area contributed by atoms with Crippen LogP contribution in [0.4, 0.5) is 8.78 Å². The number of aliphatic hydroxyl groups is 1. The van der Waals surface area contributed by atoms with Crippen molar-refractivity contribution in [3.63, 3.8) is 0 Å². The molecule has 0 radical (unpaired) electrons. The largest absolute Gasteiger partial charge is 0.493 e. The summed E-state index contributed by atoms with van der Waals surface area (Å²) in [5, 5.41) is 9.02. The fraction of sp³-hybridized carbons (Fsp3) is 0.143. The summed E-state index contributed by atoms with van der Waals surface area (Å²) in [5.41, 5.74) is 0.0953. The normalized spacial score (nSPS) is 10.3. The maximum Gasteiger partial charge on any atom is 0.205 e. The molecule has 5 heteroatoms. The zero-order valence-electron chi connectivity index (χ0n) is 10.2. The SMILES string of the molecule is COc1ccc(CO)c(F)c1Oc1ccc(F)cc1. The van der Waals surface area contributed by atoms with E-state index in [1.165, 1.54) is 43.5 Å². The molecule has 0 saturated carbocycles. The van der Waals surface area contributed by atoms with Crippen LogP contribution in [-0.2, 0) is 6.61 Å². The van der Waals surface area contributed by atoms with Gasteiger partial charge in [-0.15, -0.1) is 0 Å². The molecule has 0 fully saturated rings. The molecule has 0 atom stereocenters. The number of aliphatic hydroxyl groups excluding tert-OH is 1. The number of methoxy groups -OCH3 is 1. The average molecular weight is 266 g/mol. The van der Waals surface area contributed by atoms with Crippen LogP contribution in [0.3, 0.4) is 0 Å². The van der Waals surface area contributed by atoms with Gasteiger partial charge in [-0.2, -0.15) is 0 Å². The van der Waals surface area contributed by atoms with Gasteiger partial charge in [0.25, 0.3) is 0 Å². The third kappa shape index (κ3) is 2.82. The molecule has 0 amide bonds. The number of hydrogen-bond donors (Lipinski definition) is 1. The fourth-order valence-electron chi connectivity index (χ4n) is 1.58. The van der Waals surface area contributed by atoms with E-state index in [2.05, 4.69) is 0 Å². The summed E-state index contributed by atoms with van der Waals surface area (Å²) in [4.78, 5) is 0. The average Bonchev–Trinajstić information content (AvgIpc) is 2.43. The standard InChI is InChI=1S/C14H12F2O3/c1-18-12-7-2-9(8-17)13(16)14(12)19-11-5-3-10(15)4-6-11/h2-7,17H,8H2,1H3. The van der Waals surface area contributed by atoms with E-state index in [9.17, 15) is 8.78 Å². The first-order chi connectivity index (χ1) is 9.15. The first kappa shape index (κ1) is 13.3. The predicted octanol–water partition coefficient (Wildman–Crippen LogP) is 3.26. The summed E-state index contributed by atoms with van der Waals surface area (Å²) >= 11 is 0. The highest BCUT2D eigenvalue weighted by atomic mass is 19.1. The lowest BCUT2D eigenvalue weighted by Crippen LogP contribution is -1.98. The summed E-state index contributed by atoms with van der Waals surface area (Å²) < 4.78 is 37.2. The van der Waals surface area contributed by atoms with Crippen molar-refractivity contribution in [3.8, 4) is 17.2 Å². The molecule has 0 saturated heterocycles. The second-order valence-corrected chi connectivity index (χ2v) is 3.78. The molecule has 19 heavy (non-hydrogen) atoms. The van der Waals surface area contributed by atoms with E-state index >= 15 is 0 Å². The van der Waals surface area contributed by atoms with Crippen LogP contribution in [0, 0.1) is 11.6 Å². The van der Waals surface area contributed by atoms with Crippen LogP contribution >= 0.6 is 0 Å². The van der Waals surface area contributed by atoms with Gasteiger partial charge in [0.05, 0.1) is 13.7 Å². The first-order valence-electron chi connectivity index (χ1n) is 5.55.